The SMILES string of the molecule is CCCc1ccc(C(=O)OCCCC(=O)OC(=O)CC)cc1. The molecular weight excluding hydrogens is 284 g/mol. The number of hydrogen-bond acceptors (Lipinski definition) is 5. The highest BCUT2D eigenvalue weighted by atomic mass is 16.6. The van der Waals surface area contributed by atoms with Gasteiger partial charge in [0.15, 0.2) is 0 Å². The highest BCUT2D eigenvalue weighted by molar-refractivity contribution is 5.89. The Morgan fingerprint density at radius 1 is 1.00 bits per heavy atom. The van der Waals surface area contributed by atoms with Gasteiger partial charge in [-0.25, -0.2) is 4.79 Å². The Labute approximate surface area is 130 Å². The molecule has 0 saturated carbocycles. The summed E-state index contributed by atoms with van der Waals surface area (Å²) in [6.07, 6.45) is 2.58. The van der Waals surface area contributed by atoms with Crippen LogP contribution in [-0.4, -0.2) is 24.5 Å². The van der Waals surface area contributed by atoms with Crippen molar-refractivity contribution in [1.29, 1.82) is 0 Å². The van der Waals surface area contributed by atoms with Crippen LogP contribution in [0.1, 0.15) is 55.5 Å². The second-order valence-electron chi connectivity index (χ2n) is 4.89. The van der Waals surface area contributed by atoms with Crippen LogP contribution < -0.4 is 0 Å². The van der Waals surface area contributed by atoms with Crippen LogP contribution in [0, 0.1) is 0 Å². The molecule has 5 heteroatoms. The number of esters is 3. The highest BCUT2D eigenvalue weighted by Gasteiger charge is 2.10. The molecule has 120 valence electrons. The van der Waals surface area contributed by atoms with E-state index in [1.165, 1.54) is 5.56 Å². The van der Waals surface area contributed by atoms with Gasteiger partial charge >= 0.3 is 17.9 Å². The molecule has 1 rings (SSSR count). The summed E-state index contributed by atoms with van der Waals surface area (Å²) in [6.45, 7) is 3.83. The minimum absolute atomic E-state index is 0.0501. The summed E-state index contributed by atoms with van der Waals surface area (Å²) >= 11 is 0. The van der Waals surface area contributed by atoms with Crippen LogP contribution in [-0.2, 0) is 25.5 Å². The van der Waals surface area contributed by atoms with E-state index in [-0.39, 0.29) is 19.4 Å². The van der Waals surface area contributed by atoms with Crippen LogP contribution in [0.25, 0.3) is 0 Å². The van der Waals surface area contributed by atoms with Crippen LogP contribution in [0.2, 0.25) is 0 Å². The molecule has 0 atom stereocenters. The number of benzene rings is 1. The Morgan fingerprint density at radius 2 is 1.68 bits per heavy atom. The van der Waals surface area contributed by atoms with Gasteiger partial charge in [-0.15, -0.1) is 0 Å². The number of aryl methyl sites for hydroxylation is 1. The third kappa shape index (κ3) is 6.52. The van der Waals surface area contributed by atoms with Crippen LogP contribution in [0.3, 0.4) is 0 Å². The Bertz CT molecular complexity index is 504. The van der Waals surface area contributed by atoms with Crippen molar-refractivity contribution in [3.63, 3.8) is 0 Å². The topological polar surface area (TPSA) is 69.7 Å². The largest absolute Gasteiger partial charge is 0.462 e. The predicted molar refractivity (Wildman–Crippen MR) is 81.3 cm³/mol. The molecule has 0 amide bonds. The van der Waals surface area contributed by atoms with Crippen molar-refractivity contribution in [3.8, 4) is 0 Å². The average molecular weight is 306 g/mol. The van der Waals surface area contributed by atoms with Crippen LogP contribution >= 0.6 is 0 Å². The molecule has 0 heterocycles. The molecule has 0 radical (unpaired) electrons. The Morgan fingerprint density at radius 3 is 2.27 bits per heavy atom. The second kappa shape index (κ2) is 9.71. The molecular formula is C17H22O5. The molecule has 22 heavy (non-hydrogen) atoms. The molecule has 0 aliphatic heterocycles. The van der Waals surface area contributed by atoms with E-state index < -0.39 is 17.9 Å². The van der Waals surface area contributed by atoms with Gasteiger partial charge in [0.25, 0.3) is 0 Å². The van der Waals surface area contributed by atoms with Gasteiger partial charge in [-0.2, -0.15) is 0 Å². The van der Waals surface area contributed by atoms with Gasteiger partial charge in [0, 0.05) is 12.8 Å². The first-order valence-corrected chi connectivity index (χ1v) is 7.56. The molecule has 0 aliphatic rings. The molecule has 0 aliphatic carbocycles. The van der Waals surface area contributed by atoms with Crippen molar-refractivity contribution in [2.24, 2.45) is 0 Å². The summed E-state index contributed by atoms with van der Waals surface area (Å²) in [5.74, 6) is -1.55. The molecule has 0 saturated heterocycles. The van der Waals surface area contributed by atoms with Gasteiger partial charge in [-0.3, -0.25) is 9.59 Å². The molecule has 0 bridgehead atoms. The average Bonchev–Trinajstić information content (AvgIpc) is 2.52. The maximum absolute atomic E-state index is 11.8. The van der Waals surface area contributed by atoms with E-state index in [1.807, 2.05) is 12.1 Å². The zero-order valence-corrected chi connectivity index (χ0v) is 13.1. The zero-order chi connectivity index (χ0) is 16.4. The van der Waals surface area contributed by atoms with Crippen molar-refractivity contribution in [2.75, 3.05) is 6.61 Å². The van der Waals surface area contributed by atoms with E-state index in [2.05, 4.69) is 11.7 Å². The van der Waals surface area contributed by atoms with Gasteiger partial charge in [0.2, 0.25) is 0 Å². The van der Waals surface area contributed by atoms with E-state index in [0.29, 0.717) is 12.0 Å². The fourth-order valence-electron chi connectivity index (χ4n) is 1.81. The van der Waals surface area contributed by atoms with Gasteiger partial charge < -0.3 is 9.47 Å². The highest BCUT2D eigenvalue weighted by Crippen LogP contribution is 2.08. The van der Waals surface area contributed by atoms with Crippen molar-refractivity contribution in [2.45, 2.75) is 46.0 Å². The second-order valence-corrected chi connectivity index (χ2v) is 4.89. The van der Waals surface area contributed by atoms with E-state index in [9.17, 15) is 14.4 Å². The first kappa shape index (κ1) is 17.9. The van der Waals surface area contributed by atoms with E-state index in [0.717, 1.165) is 12.8 Å². The van der Waals surface area contributed by atoms with Crippen LogP contribution in [0.4, 0.5) is 0 Å². The number of ether oxygens (including phenoxy) is 2. The number of carbonyl (C=O) groups excluding carboxylic acids is 3. The molecule has 0 fully saturated rings. The number of carbonyl (C=O) groups is 3. The predicted octanol–water partition coefficient (Wildman–Crippen LogP) is 3.06. The lowest BCUT2D eigenvalue weighted by atomic mass is 10.1. The van der Waals surface area contributed by atoms with Gasteiger partial charge in [-0.1, -0.05) is 32.4 Å². The van der Waals surface area contributed by atoms with Crippen molar-refractivity contribution in [1.82, 2.24) is 0 Å². The fourth-order valence-corrected chi connectivity index (χ4v) is 1.81. The summed E-state index contributed by atoms with van der Waals surface area (Å²) < 4.78 is 9.59. The van der Waals surface area contributed by atoms with E-state index in [4.69, 9.17) is 4.74 Å². The molecule has 1 aromatic rings. The summed E-state index contributed by atoms with van der Waals surface area (Å²) in [4.78, 5) is 33.9. The van der Waals surface area contributed by atoms with Crippen molar-refractivity contribution < 1.29 is 23.9 Å². The van der Waals surface area contributed by atoms with Gasteiger partial charge in [0.1, 0.15) is 0 Å². The lowest BCUT2D eigenvalue weighted by molar-refractivity contribution is -0.159. The molecule has 0 spiro atoms. The third-order valence-electron chi connectivity index (χ3n) is 3.00. The maximum atomic E-state index is 11.8. The molecule has 0 N–H and O–H groups in total. The summed E-state index contributed by atoms with van der Waals surface area (Å²) in [5.41, 5.74) is 1.67. The quantitative estimate of drug-likeness (QED) is 0.419. The maximum Gasteiger partial charge on any atom is 0.338 e. The van der Waals surface area contributed by atoms with E-state index >= 15 is 0 Å². The Balaban J connectivity index is 2.28. The number of hydrogen-bond donors (Lipinski definition) is 0. The van der Waals surface area contributed by atoms with Crippen LogP contribution in [0.15, 0.2) is 24.3 Å². The summed E-state index contributed by atoms with van der Waals surface area (Å²) in [7, 11) is 0. The standard InChI is InChI=1S/C17H22O5/c1-3-6-13-8-10-14(11-9-13)17(20)21-12-5-7-16(19)22-15(18)4-2/h8-11H,3-7,12H2,1-2H3. The Kier molecular flexibility index (Phi) is 7.89. The molecule has 5 nitrogen and oxygen atoms in total. The minimum atomic E-state index is -0.591. The van der Waals surface area contributed by atoms with Crippen molar-refractivity contribution in [3.05, 3.63) is 35.4 Å². The van der Waals surface area contributed by atoms with Gasteiger partial charge in [0.05, 0.1) is 12.2 Å². The first-order valence-electron chi connectivity index (χ1n) is 7.56. The summed E-state index contributed by atoms with van der Waals surface area (Å²) in [6, 6.07) is 7.30. The monoisotopic (exact) mass is 306 g/mol. The molecule has 0 aromatic heterocycles. The minimum Gasteiger partial charge on any atom is -0.462 e. The lowest BCUT2D eigenvalue weighted by Gasteiger charge is -2.05. The molecule has 0 unspecified atom stereocenters. The lowest BCUT2D eigenvalue weighted by Crippen LogP contribution is -2.13. The zero-order valence-electron chi connectivity index (χ0n) is 13.1. The summed E-state index contributed by atoms with van der Waals surface area (Å²) in [5, 5.41) is 0. The Hall–Kier alpha value is -2.17. The van der Waals surface area contributed by atoms with Gasteiger partial charge in [-0.05, 0) is 30.5 Å². The van der Waals surface area contributed by atoms with E-state index in [1.54, 1.807) is 19.1 Å². The number of rotatable bonds is 8. The third-order valence-corrected chi connectivity index (χ3v) is 3.00. The fraction of sp³-hybridized carbons (Fsp3) is 0.471. The van der Waals surface area contributed by atoms with Crippen LogP contribution in [0.5, 0.6) is 0 Å². The van der Waals surface area contributed by atoms with Crippen molar-refractivity contribution >= 4 is 17.9 Å². The first-order chi connectivity index (χ1) is 10.6. The smallest absolute Gasteiger partial charge is 0.338 e. The normalized spacial score (nSPS) is 10.1. The molecule has 1 aromatic carbocycles.